The van der Waals surface area contributed by atoms with Gasteiger partial charge in [-0.3, -0.25) is 10.9 Å². The fourth-order valence-electron chi connectivity index (χ4n) is 0.888. The highest BCUT2D eigenvalue weighted by molar-refractivity contribution is 7.80. The van der Waals surface area contributed by atoms with E-state index in [0.29, 0.717) is 0 Å². The van der Waals surface area contributed by atoms with E-state index in [2.05, 4.69) is 16.0 Å². The second-order valence-corrected chi connectivity index (χ2v) is 3.02. The van der Waals surface area contributed by atoms with Gasteiger partial charge in [0, 0.05) is 0 Å². The number of hydrogen-bond donors (Lipinski definition) is 3. The van der Waals surface area contributed by atoms with Crippen LogP contribution in [0.25, 0.3) is 0 Å². The number of hydrogen-bond acceptors (Lipinski definition) is 4. The average molecular weight is 224 g/mol. The van der Waals surface area contributed by atoms with E-state index in [1.54, 1.807) is 13.3 Å². The number of nitrogens with two attached hydrogens (primary N) is 1. The van der Waals surface area contributed by atoms with Crippen LogP contribution in [0, 0.1) is 0 Å². The Labute approximate surface area is 93.3 Å². The molecule has 0 amide bonds. The first kappa shape index (κ1) is 11.4. The van der Waals surface area contributed by atoms with Crippen molar-refractivity contribution in [2.75, 3.05) is 7.11 Å². The number of methoxy groups -OCH3 is 1. The van der Waals surface area contributed by atoms with Crippen molar-refractivity contribution < 1.29 is 4.74 Å². The van der Waals surface area contributed by atoms with Crippen molar-refractivity contribution in [3.8, 4) is 5.75 Å². The number of hydrazone groups is 1. The van der Waals surface area contributed by atoms with E-state index in [1.165, 1.54) is 0 Å². The number of rotatable bonds is 3. The quantitative estimate of drug-likeness (QED) is 0.299. The maximum absolute atomic E-state index is 5.05. The Morgan fingerprint density at radius 2 is 2.13 bits per heavy atom. The summed E-state index contributed by atoms with van der Waals surface area (Å²) in [6, 6.07) is 7.45. The fraction of sp³-hybridized carbons (Fsp3) is 0.111. The summed E-state index contributed by atoms with van der Waals surface area (Å²) in [4.78, 5) is 0. The topological polar surface area (TPSA) is 71.7 Å². The molecule has 0 atom stereocenters. The minimum Gasteiger partial charge on any atom is -0.497 e. The zero-order chi connectivity index (χ0) is 11.1. The number of nitrogens with zero attached hydrogens (tertiary/aromatic N) is 1. The summed E-state index contributed by atoms with van der Waals surface area (Å²) in [6.45, 7) is 0. The van der Waals surface area contributed by atoms with Crippen LogP contribution in [-0.4, -0.2) is 18.4 Å². The van der Waals surface area contributed by atoms with Gasteiger partial charge in [-0.05, 0) is 42.0 Å². The summed E-state index contributed by atoms with van der Waals surface area (Å²) in [7, 11) is 1.62. The molecule has 0 radical (unpaired) electrons. The number of benzene rings is 1. The van der Waals surface area contributed by atoms with E-state index in [-0.39, 0.29) is 5.11 Å². The van der Waals surface area contributed by atoms with Gasteiger partial charge in [-0.2, -0.15) is 5.10 Å². The normalized spacial score (nSPS) is 10.0. The lowest BCUT2D eigenvalue weighted by Gasteiger charge is -2.00. The van der Waals surface area contributed by atoms with Crippen LogP contribution >= 0.6 is 12.2 Å². The van der Waals surface area contributed by atoms with Crippen LogP contribution in [0.5, 0.6) is 5.75 Å². The first-order valence-electron chi connectivity index (χ1n) is 4.20. The summed E-state index contributed by atoms with van der Waals surface area (Å²) in [5, 5.41) is 4.13. The molecule has 0 unspecified atom stereocenters. The Hall–Kier alpha value is -1.66. The number of nitrogens with one attached hydrogen (secondary N) is 2. The third kappa shape index (κ3) is 3.92. The highest BCUT2D eigenvalue weighted by atomic mass is 32.1. The van der Waals surface area contributed by atoms with Gasteiger partial charge in [-0.25, -0.2) is 5.84 Å². The van der Waals surface area contributed by atoms with Gasteiger partial charge in [0.05, 0.1) is 13.3 Å². The van der Waals surface area contributed by atoms with E-state index in [4.69, 9.17) is 22.8 Å². The molecule has 0 aromatic heterocycles. The first-order chi connectivity index (χ1) is 7.26. The van der Waals surface area contributed by atoms with Gasteiger partial charge in [0.15, 0.2) is 0 Å². The Morgan fingerprint density at radius 1 is 1.47 bits per heavy atom. The maximum atomic E-state index is 5.05. The van der Waals surface area contributed by atoms with E-state index in [9.17, 15) is 0 Å². The molecular formula is C9H12N4OS. The van der Waals surface area contributed by atoms with Gasteiger partial charge in [0.2, 0.25) is 5.11 Å². The minimum atomic E-state index is 0.264. The summed E-state index contributed by atoms with van der Waals surface area (Å²) in [6.07, 6.45) is 1.63. The van der Waals surface area contributed by atoms with Gasteiger partial charge in [-0.1, -0.05) is 0 Å². The summed E-state index contributed by atoms with van der Waals surface area (Å²) < 4.78 is 5.02. The van der Waals surface area contributed by atoms with Crippen molar-refractivity contribution in [1.29, 1.82) is 0 Å². The Morgan fingerprint density at radius 3 is 2.67 bits per heavy atom. The van der Waals surface area contributed by atoms with Gasteiger partial charge in [-0.15, -0.1) is 0 Å². The predicted molar refractivity (Wildman–Crippen MR) is 63.6 cm³/mol. The van der Waals surface area contributed by atoms with Crippen molar-refractivity contribution in [3.05, 3.63) is 29.8 Å². The SMILES string of the molecule is COc1ccc(/C=N\NC(=S)NN)cc1. The second kappa shape index (κ2) is 5.94. The lowest BCUT2D eigenvalue weighted by Crippen LogP contribution is -2.37. The molecule has 1 rings (SSSR count). The first-order valence-corrected chi connectivity index (χ1v) is 4.61. The zero-order valence-electron chi connectivity index (χ0n) is 8.23. The van der Waals surface area contributed by atoms with Crippen LogP contribution in [0.1, 0.15) is 5.56 Å². The van der Waals surface area contributed by atoms with Crippen LogP contribution in [-0.2, 0) is 0 Å². The molecular weight excluding hydrogens is 212 g/mol. The molecule has 0 saturated carbocycles. The van der Waals surface area contributed by atoms with Crippen LogP contribution < -0.4 is 21.4 Å². The molecule has 0 fully saturated rings. The fourth-order valence-corrected chi connectivity index (χ4v) is 0.940. The van der Waals surface area contributed by atoms with E-state index in [1.807, 2.05) is 24.3 Å². The predicted octanol–water partition coefficient (Wildman–Crippen LogP) is 0.367. The molecule has 15 heavy (non-hydrogen) atoms. The third-order valence-electron chi connectivity index (χ3n) is 1.63. The van der Waals surface area contributed by atoms with E-state index in [0.717, 1.165) is 11.3 Å². The van der Waals surface area contributed by atoms with Gasteiger partial charge >= 0.3 is 0 Å². The second-order valence-electron chi connectivity index (χ2n) is 2.62. The molecule has 1 aromatic carbocycles. The van der Waals surface area contributed by atoms with Crippen LogP contribution in [0.3, 0.4) is 0 Å². The average Bonchev–Trinajstić information content (AvgIpc) is 2.29. The molecule has 0 bridgehead atoms. The van der Waals surface area contributed by atoms with Gasteiger partial charge in [0.1, 0.15) is 5.75 Å². The van der Waals surface area contributed by atoms with Crippen LogP contribution in [0.15, 0.2) is 29.4 Å². The van der Waals surface area contributed by atoms with E-state index < -0.39 is 0 Å². The van der Waals surface area contributed by atoms with Crippen molar-refractivity contribution >= 4 is 23.5 Å². The standard InChI is InChI=1S/C9H12N4OS/c1-14-8-4-2-7(3-5-8)6-11-13-9(15)12-10/h2-6H,10H2,1H3,(H2,12,13,15)/b11-6-. The summed E-state index contributed by atoms with van der Waals surface area (Å²) >= 11 is 4.73. The van der Waals surface area contributed by atoms with Gasteiger partial charge in [0.25, 0.3) is 0 Å². The molecule has 0 aliphatic heterocycles. The lowest BCUT2D eigenvalue weighted by molar-refractivity contribution is 0.415. The largest absolute Gasteiger partial charge is 0.497 e. The molecule has 80 valence electrons. The Bertz CT molecular complexity index is 350. The van der Waals surface area contributed by atoms with Crippen molar-refractivity contribution in [2.24, 2.45) is 10.9 Å². The summed E-state index contributed by atoms with van der Waals surface area (Å²) in [5.41, 5.74) is 5.73. The minimum absolute atomic E-state index is 0.264. The smallest absolute Gasteiger partial charge is 0.201 e. The van der Waals surface area contributed by atoms with Crippen LogP contribution in [0.2, 0.25) is 0 Å². The number of ether oxygens (including phenoxy) is 1. The monoisotopic (exact) mass is 224 g/mol. The van der Waals surface area contributed by atoms with Crippen LogP contribution in [0.4, 0.5) is 0 Å². The molecule has 0 heterocycles. The van der Waals surface area contributed by atoms with Crippen molar-refractivity contribution in [3.63, 3.8) is 0 Å². The molecule has 0 aliphatic carbocycles. The molecule has 4 N–H and O–H groups in total. The molecule has 1 aromatic rings. The zero-order valence-corrected chi connectivity index (χ0v) is 9.04. The van der Waals surface area contributed by atoms with Crippen molar-refractivity contribution in [1.82, 2.24) is 10.9 Å². The molecule has 5 nitrogen and oxygen atoms in total. The van der Waals surface area contributed by atoms with E-state index >= 15 is 0 Å². The third-order valence-corrected chi connectivity index (χ3v) is 1.84. The molecule has 0 saturated heterocycles. The highest BCUT2D eigenvalue weighted by Gasteiger charge is 1.90. The van der Waals surface area contributed by atoms with Crippen molar-refractivity contribution in [2.45, 2.75) is 0 Å². The molecule has 6 heteroatoms. The molecule has 0 aliphatic rings. The Kier molecular flexibility index (Phi) is 4.52. The highest BCUT2D eigenvalue weighted by Crippen LogP contribution is 2.09. The van der Waals surface area contributed by atoms with Gasteiger partial charge < -0.3 is 4.74 Å². The number of thiocarbonyl (C=S) groups is 1. The molecule has 0 spiro atoms. The summed E-state index contributed by atoms with van der Waals surface area (Å²) in [5.74, 6) is 5.85. The Balaban J connectivity index is 2.53. The maximum Gasteiger partial charge on any atom is 0.201 e. The number of hydrazine groups is 1. The lowest BCUT2D eigenvalue weighted by atomic mass is 10.2.